The Kier molecular flexibility index (Phi) is 9.59. The standard InChI is InChI=1S/C29H32FN3O6/c1-29(2,3)31-28(35)25(16-20-8-6-5-7-9-20)32(18-21-10-12-22(30)13-11-21)27(34)19-39-23-14-15-24(33(36)37)26(17-23)38-4/h5-15,17,25H,16,18-19H2,1-4H3,(H,31,35)/t25-/m1/s1. The van der Waals surface area contributed by atoms with E-state index in [1.54, 1.807) is 12.1 Å². The van der Waals surface area contributed by atoms with E-state index in [1.165, 1.54) is 42.3 Å². The molecular weight excluding hydrogens is 505 g/mol. The Bertz CT molecular complexity index is 1290. The Balaban J connectivity index is 1.93. The SMILES string of the molecule is COc1cc(OCC(=O)N(Cc2ccc(F)cc2)[C@H](Cc2ccccc2)C(=O)NC(C)(C)C)ccc1[N+](=O)[O-]. The largest absolute Gasteiger partial charge is 0.490 e. The topological polar surface area (TPSA) is 111 Å². The maximum Gasteiger partial charge on any atom is 0.311 e. The van der Waals surface area contributed by atoms with Gasteiger partial charge in [0.2, 0.25) is 11.7 Å². The van der Waals surface area contributed by atoms with Gasteiger partial charge in [-0.1, -0.05) is 42.5 Å². The zero-order valence-corrected chi connectivity index (χ0v) is 22.3. The van der Waals surface area contributed by atoms with Gasteiger partial charge in [-0.2, -0.15) is 0 Å². The summed E-state index contributed by atoms with van der Waals surface area (Å²) in [6, 6.07) is 18.0. The van der Waals surface area contributed by atoms with Crippen molar-refractivity contribution in [3.8, 4) is 11.5 Å². The molecule has 0 radical (unpaired) electrons. The zero-order valence-electron chi connectivity index (χ0n) is 22.3. The smallest absolute Gasteiger partial charge is 0.311 e. The highest BCUT2D eigenvalue weighted by atomic mass is 19.1. The molecule has 1 atom stereocenters. The second kappa shape index (κ2) is 12.9. The average molecular weight is 538 g/mol. The molecule has 0 saturated heterocycles. The number of carbonyl (C=O) groups is 2. The number of nitro groups is 1. The van der Waals surface area contributed by atoms with Crippen molar-refractivity contribution in [1.82, 2.24) is 10.2 Å². The Morgan fingerprint density at radius 3 is 2.28 bits per heavy atom. The number of nitrogens with one attached hydrogen (secondary N) is 1. The van der Waals surface area contributed by atoms with Crippen molar-refractivity contribution in [2.75, 3.05) is 13.7 Å². The van der Waals surface area contributed by atoms with Crippen molar-refractivity contribution in [2.24, 2.45) is 0 Å². The van der Waals surface area contributed by atoms with Gasteiger partial charge in [0.15, 0.2) is 6.61 Å². The lowest BCUT2D eigenvalue weighted by Gasteiger charge is -2.33. The first-order valence-electron chi connectivity index (χ1n) is 12.3. The second-order valence-electron chi connectivity index (χ2n) is 9.97. The molecule has 10 heteroatoms. The highest BCUT2D eigenvalue weighted by Crippen LogP contribution is 2.31. The van der Waals surface area contributed by atoms with Crippen LogP contribution in [0.2, 0.25) is 0 Å². The van der Waals surface area contributed by atoms with E-state index in [9.17, 15) is 24.1 Å². The summed E-state index contributed by atoms with van der Waals surface area (Å²) >= 11 is 0. The predicted octanol–water partition coefficient (Wildman–Crippen LogP) is 4.68. The van der Waals surface area contributed by atoms with Crippen LogP contribution in [-0.4, -0.2) is 46.9 Å². The average Bonchev–Trinajstić information content (AvgIpc) is 2.89. The van der Waals surface area contributed by atoms with Crippen LogP contribution in [0.4, 0.5) is 10.1 Å². The molecule has 0 fully saturated rings. The van der Waals surface area contributed by atoms with Gasteiger partial charge in [0.25, 0.3) is 5.91 Å². The molecule has 1 N–H and O–H groups in total. The zero-order chi connectivity index (χ0) is 28.6. The van der Waals surface area contributed by atoms with Crippen LogP contribution in [-0.2, 0) is 22.6 Å². The quantitative estimate of drug-likeness (QED) is 0.281. The van der Waals surface area contributed by atoms with Crippen LogP contribution in [0.1, 0.15) is 31.9 Å². The summed E-state index contributed by atoms with van der Waals surface area (Å²) in [6.07, 6.45) is 0.237. The predicted molar refractivity (Wildman–Crippen MR) is 144 cm³/mol. The van der Waals surface area contributed by atoms with Crippen LogP contribution in [0.15, 0.2) is 72.8 Å². The molecule has 0 unspecified atom stereocenters. The van der Waals surface area contributed by atoms with Gasteiger partial charge in [-0.25, -0.2) is 4.39 Å². The second-order valence-corrected chi connectivity index (χ2v) is 9.97. The number of carbonyl (C=O) groups excluding carboxylic acids is 2. The highest BCUT2D eigenvalue weighted by Gasteiger charge is 2.32. The number of halogens is 1. The summed E-state index contributed by atoms with van der Waals surface area (Å²) in [5.74, 6) is -1.09. The summed E-state index contributed by atoms with van der Waals surface area (Å²) < 4.78 is 24.3. The molecule has 0 aliphatic rings. The number of methoxy groups -OCH3 is 1. The molecule has 0 heterocycles. The first-order valence-corrected chi connectivity index (χ1v) is 12.3. The number of nitro benzene ring substituents is 1. The molecular formula is C29H32FN3O6. The fraction of sp³-hybridized carbons (Fsp3) is 0.310. The summed E-state index contributed by atoms with van der Waals surface area (Å²) in [5, 5.41) is 14.2. The van der Waals surface area contributed by atoms with Crippen LogP contribution in [0.3, 0.4) is 0 Å². The number of nitrogens with zero attached hydrogens (tertiary/aromatic N) is 2. The van der Waals surface area contributed by atoms with E-state index >= 15 is 0 Å². The molecule has 0 aromatic heterocycles. The van der Waals surface area contributed by atoms with E-state index in [4.69, 9.17) is 9.47 Å². The number of benzene rings is 3. The first kappa shape index (κ1) is 29.1. The molecule has 206 valence electrons. The van der Waals surface area contributed by atoms with E-state index in [2.05, 4.69) is 5.32 Å². The van der Waals surface area contributed by atoms with E-state index in [-0.39, 0.29) is 36.1 Å². The Hall–Kier alpha value is -4.47. The summed E-state index contributed by atoms with van der Waals surface area (Å²) in [4.78, 5) is 39.2. The van der Waals surface area contributed by atoms with E-state index in [1.807, 2.05) is 51.1 Å². The minimum absolute atomic E-state index is 0.0142. The van der Waals surface area contributed by atoms with Gasteiger partial charge < -0.3 is 19.7 Å². The minimum Gasteiger partial charge on any atom is -0.490 e. The van der Waals surface area contributed by atoms with Crippen LogP contribution in [0.5, 0.6) is 11.5 Å². The maximum absolute atomic E-state index is 13.6. The van der Waals surface area contributed by atoms with Crippen LogP contribution in [0, 0.1) is 15.9 Å². The molecule has 9 nitrogen and oxygen atoms in total. The normalized spacial score (nSPS) is 11.8. The van der Waals surface area contributed by atoms with Gasteiger partial charge >= 0.3 is 5.69 Å². The number of hydrogen-bond donors (Lipinski definition) is 1. The van der Waals surface area contributed by atoms with Crippen LogP contribution >= 0.6 is 0 Å². The van der Waals surface area contributed by atoms with Crippen molar-refractivity contribution in [3.05, 3.63) is 99.9 Å². The molecule has 0 bridgehead atoms. The number of ether oxygens (including phenoxy) is 2. The van der Waals surface area contributed by atoms with Gasteiger partial charge in [-0.3, -0.25) is 19.7 Å². The third-order valence-electron chi connectivity index (χ3n) is 5.75. The first-order chi connectivity index (χ1) is 18.5. The van der Waals surface area contributed by atoms with E-state index in [0.717, 1.165) is 5.56 Å². The fourth-order valence-electron chi connectivity index (χ4n) is 3.92. The molecule has 3 rings (SSSR count). The van der Waals surface area contributed by atoms with Crippen LogP contribution < -0.4 is 14.8 Å². The lowest BCUT2D eigenvalue weighted by molar-refractivity contribution is -0.385. The lowest BCUT2D eigenvalue weighted by atomic mass is 10.0. The highest BCUT2D eigenvalue weighted by molar-refractivity contribution is 5.89. The molecule has 2 amide bonds. The monoisotopic (exact) mass is 537 g/mol. The summed E-state index contributed by atoms with van der Waals surface area (Å²) in [5.41, 5.74) is 0.686. The Morgan fingerprint density at radius 1 is 1.03 bits per heavy atom. The molecule has 3 aromatic carbocycles. The maximum atomic E-state index is 13.6. The fourth-order valence-corrected chi connectivity index (χ4v) is 3.92. The lowest BCUT2D eigenvalue weighted by Crippen LogP contribution is -2.55. The van der Waals surface area contributed by atoms with E-state index < -0.39 is 34.8 Å². The summed E-state index contributed by atoms with van der Waals surface area (Å²) in [7, 11) is 1.30. The third-order valence-corrected chi connectivity index (χ3v) is 5.75. The van der Waals surface area contributed by atoms with Crippen LogP contribution in [0.25, 0.3) is 0 Å². The van der Waals surface area contributed by atoms with Gasteiger partial charge in [-0.05, 0) is 50.1 Å². The number of rotatable bonds is 11. The van der Waals surface area contributed by atoms with Crippen molar-refractivity contribution in [2.45, 2.75) is 45.3 Å². The third kappa shape index (κ3) is 8.53. The minimum atomic E-state index is -0.904. The molecule has 0 saturated carbocycles. The van der Waals surface area contributed by atoms with Crippen molar-refractivity contribution in [1.29, 1.82) is 0 Å². The van der Waals surface area contributed by atoms with E-state index in [0.29, 0.717) is 5.56 Å². The van der Waals surface area contributed by atoms with Crippen molar-refractivity contribution in [3.63, 3.8) is 0 Å². The van der Waals surface area contributed by atoms with Crippen molar-refractivity contribution < 1.29 is 28.4 Å². The number of amides is 2. The van der Waals surface area contributed by atoms with Gasteiger partial charge in [0, 0.05) is 30.6 Å². The molecule has 0 spiro atoms. The summed E-state index contributed by atoms with van der Waals surface area (Å²) in [6.45, 7) is 5.13. The molecule has 0 aliphatic carbocycles. The molecule has 3 aromatic rings. The van der Waals surface area contributed by atoms with Gasteiger partial charge in [0.05, 0.1) is 12.0 Å². The van der Waals surface area contributed by atoms with Crippen molar-refractivity contribution >= 4 is 17.5 Å². The number of hydrogen-bond acceptors (Lipinski definition) is 6. The Morgan fingerprint density at radius 2 is 1.69 bits per heavy atom. The van der Waals surface area contributed by atoms with Gasteiger partial charge in [0.1, 0.15) is 17.6 Å². The van der Waals surface area contributed by atoms with Gasteiger partial charge in [-0.15, -0.1) is 0 Å². The molecule has 0 aliphatic heterocycles. The Labute approximate surface area is 226 Å². The molecule has 39 heavy (non-hydrogen) atoms.